The van der Waals surface area contributed by atoms with Crippen molar-refractivity contribution < 1.29 is 0 Å². The van der Waals surface area contributed by atoms with Gasteiger partial charge >= 0.3 is 0 Å². The van der Waals surface area contributed by atoms with Gasteiger partial charge < -0.3 is 0 Å². The third-order valence-corrected chi connectivity index (χ3v) is 2.65. The Labute approximate surface area is 76.4 Å². The second kappa shape index (κ2) is 3.93. The van der Waals surface area contributed by atoms with Crippen molar-refractivity contribution in [2.45, 2.75) is 40.5 Å². The molecule has 0 aromatic rings. The van der Waals surface area contributed by atoms with Crippen LogP contribution in [0.15, 0.2) is 23.3 Å². The van der Waals surface area contributed by atoms with Crippen molar-refractivity contribution in [2.24, 2.45) is 11.8 Å². The topological polar surface area (TPSA) is 0 Å². The van der Waals surface area contributed by atoms with Crippen molar-refractivity contribution in [3.63, 3.8) is 0 Å². The Balaban J connectivity index is 2.85. The minimum absolute atomic E-state index is 0.729. The Hall–Kier alpha value is -0.520. The van der Waals surface area contributed by atoms with E-state index in [9.17, 15) is 0 Å². The summed E-state index contributed by atoms with van der Waals surface area (Å²) < 4.78 is 0. The van der Waals surface area contributed by atoms with E-state index < -0.39 is 0 Å². The van der Waals surface area contributed by atoms with Crippen LogP contribution in [0.4, 0.5) is 0 Å². The molecule has 0 saturated carbocycles. The van der Waals surface area contributed by atoms with Gasteiger partial charge in [0.1, 0.15) is 0 Å². The van der Waals surface area contributed by atoms with E-state index in [-0.39, 0.29) is 0 Å². The summed E-state index contributed by atoms with van der Waals surface area (Å²) in [5, 5.41) is 0. The fourth-order valence-electron chi connectivity index (χ4n) is 1.90. The summed E-state index contributed by atoms with van der Waals surface area (Å²) in [6.07, 6.45) is 6.98. The molecule has 0 nitrogen and oxygen atoms in total. The summed E-state index contributed by atoms with van der Waals surface area (Å²) in [4.78, 5) is 0. The summed E-state index contributed by atoms with van der Waals surface area (Å²) in [5.41, 5.74) is 3.35. The van der Waals surface area contributed by atoms with Crippen LogP contribution in [-0.4, -0.2) is 0 Å². The molecule has 0 N–H and O–H groups in total. The first-order chi connectivity index (χ1) is 5.63. The van der Waals surface area contributed by atoms with Crippen LogP contribution in [0.5, 0.6) is 0 Å². The Morgan fingerprint density at radius 1 is 0.833 bits per heavy atom. The van der Waals surface area contributed by atoms with Crippen LogP contribution in [-0.2, 0) is 0 Å². The summed E-state index contributed by atoms with van der Waals surface area (Å²) in [5.74, 6) is 1.46. The van der Waals surface area contributed by atoms with Crippen molar-refractivity contribution in [1.82, 2.24) is 0 Å². The molecule has 0 spiro atoms. The molecule has 0 atom stereocenters. The number of hydrogen-bond acceptors (Lipinski definition) is 0. The molecule has 0 fully saturated rings. The molecule has 0 aromatic heterocycles. The van der Waals surface area contributed by atoms with Crippen LogP contribution >= 0.6 is 0 Å². The van der Waals surface area contributed by atoms with Gasteiger partial charge in [-0.3, -0.25) is 0 Å². The maximum atomic E-state index is 2.31. The molecule has 1 aliphatic carbocycles. The second-order valence-electron chi connectivity index (χ2n) is 4.24. The van der Waals surface area contributed by atoms with E-state index in [1.807, 2.05) is 0 Å². The molecule has 0 aromatic carbocycles. The van der Waals surface area contributed by atoms with Gasteiger partial charge in [0.05, 0.1) is 0 Å². The molecule has 0 bridgehead atoms. The molecule has 12 heavy (non-hydrogen) atoms. The van der Waals surface area contributed by atoms with Gasteiger partial charge in [0.15, 0.2) is 0 Å². The summed E-state index contributed by atoms with van der Waals surface area (Å²) in [6, 6.07) is 0. The molecule has 1 rings (SSSR count). The minimum atomic E-state index is 0.729. The first-order valence-corrected chi connectivity index (χ1v) is 4.99. The summed E-state index contributed by atoms with van der Waals surface area (Å²) in [6.45, 7) is 9.21. The lowest BCUT2D eigenvalue weighted by Crippen LogP contribution is -2.06. The first-order valence-electron chi connectivity index (χ1n) is 4.99. The smallest absolute Gasteiger partial charge is 0.0133 e. The zero-order chi connectivity index (χ0) is 9.14. The van der Waals surface area contributed by atoms with E-state index in [0.29, 0.717) is 0 Å². The summed E-state index contributed by atoms with van der Waals surface area (Å²) in [7, 11) is 0. The fourth-order valence-corrected chi connectivity index (χ4v) is 1.90. The molecule has 0 unspecified atom stereocenters. The Morgan fingerprint density at radius 2 is 1.17 bits per heavy atom. The highest BCUT2D eigenvalue weighted by Gasteiger charge is 2.13. The third-order valence-electron chi connectivity index (χ3n) is 2.65. The lowest BCUT2D eigenvalue weighted by Gasteiger charge is -2.22. The predicted octanol–water partition coefficient (Wildman–Crippen LogP) is 3.95. The third kappa shape index (κ3) is 2.00. The number of rotatable bonds is 2. The highest BCUT2D eigenvalue weighted by atomic mass is 14.2. The van der Waals surface area contributed by atoms with Crippen molar-refractivity contribution in [3.8, 4) is 0 Å². The molecule has 68 valence electrons. The van der Waals surface area contributed by atoms with E-state index in [1.165, 1.54) is 12.8 Å². The van der Waals surface area contributed by atoms with Crippen LogP contribution in [0.1, 0.15) is 40.5 Å². The maximum Gasteiger partial charge on any atom is -0.0133 e. The average Bonchev–Trinajstić information content (AvgIpc) is 2.04. The van der Waals surface area contributed by atoms with Crippen LogP contribution in [0.3, 0.4) is 0 Å². The minimum Gasteiger partial charge on any atom is -0.0841 e. The van der Waals surface area contributed by atoms with Crippen molar-refractivity contribution in [1.29, 1.82) is 0 Å². The van der Waals surface area contributed by atoms with E-state index in [2.05, 4.69) is 39.8 Å². The predicted molar refractivity (Wildman–Crippen MR) is 55.1 cm³/mol. The van der Waals surface area contributed by atoms with E-state index in [0.717, 1.165) is 11.8 Å². The maximum absolute atomic E-state index is 2.31. The highest BCUT2D eigenvalue weighted by Crippen LogP contribution is 2.30. The molecule has 1 aliphatic rings. The lowest BCUT2D eigenvalue weighted by atomic mass is 9.84. The van der Waals surface area contributed by atoms with Gasteiger partial charge in [-0.05, 0) is 24.7 Å². The van der Waals surface area contributed by atoms with Gasteiger partial charge in [-0.25, -0.2) is 0 Å². The van der Waals surface area contributed by atoms with Gasteiger partial charge in [-0.15, -0.1) is 0 Å². The van der Waals surface area contributed by atoms with Crippen molar-refractivity contribution in [3.05, 3.63) is 23.3 Å². The number of hydrogen-bond donors (Lipinski definition) is 0. The number of allylic oxidation sites excluding steroid dienone is 4. The first kappa shape index (κ1) is 9.57. The monoisotopic (exact) mass is 164 g/mol. The zero-order valence-corrected chi connectivity index (χ0v) is 8.72. The van der Waals surface area contributed by atoms with Crippen molar-refractivity contribution >= 4 is 0 Å². The Kier molecular flexibility index (Phi) is 3.13. The van der Waals surface area contributed by atoms with Gasteiger partial charge in [0.25, 0.3) is 0 Å². The van der Waals surface area contributed by atoms with E-state index in [4.69, 9.17) is 0 Å². The molecule has 0 heteroatoms. The average molecular weight is 164 g/mol. The second-order valence-corrected chi connectivity index (χ2v) is 4.24. The fraction of sp³-hybridized carbons (Fsp3) is 0.667. The van der Waals surface area contributed by atoms with Crippen LogP contribution in [0.2, 0.25) is 0 Å². The van der Waals surface area contributed by atoms with Crippen molar-refractivity contribution in [2.75, 3.05) is 0 Å². The Morgan fingerprint density at radius 3 is 1.42 bits per heavy atom. The van der Waals surface area contributed by atoms with Gasteiger partial charge in [0, 0.05) is 0 Å². The van der Waals surface area contributed by atoms with E-state index >= 15 is 0 Å². The molecular formula is C12H20. The van der Waals surface area contributed by atoms with Crippen LogP contribution in [0.25, 0.3) is 0 Å². The van der Waals surface area contributed by atoms with Crippen LogP contribution in [0, 0.1) is 11.8 Å². The molecular weight excluding hydrogens is 144 g/mol. The normalized spacial score (nSPS) is 18.2. The molecule has 0 radical (unpaired) electrons. The highest BCUT2D eigenvalue weighted by molar-refractivity contribution is 5.26. The zero-order valence-electron chi connectivity index (χ0n) is 8.72. The largest absolute Gasteiger partial charge is 0.0841 e. The van der Waals surface area contributed by atoms with Gasteiger partial charge in [0.2, 0.25) is 0 Å². The van der Waals surface area contributed by atoms with Crippen LogP contribution < -0.4 is 0 Å². The Bertz CT molecular complexity index is 182. The standard InChI is InChI=1S/C12H20/c1-9(2)11-7-5-6-8-12(11)10(3)4/h5-6,9-10H,7-8H2,1-4H3. The molecule has 0 aliphatic heterocycles. The van der Waals surface area contributed by atoms with Gasteiger partial charge in [-0.2, -0.15) is 0 Å². The van der Waals surface area contributed by atoms with E-state index in [1.54, 1.807) is 11.1 Å². The van der Waals surface area contributed by atoms with Gasteiger partial charge in [-0.1, -0.05) is 51.0 Å². The quantitative estimate of drug-likeness (QED) is 0.542. The molecule has 0 saturated heterocycles. The molecule has 0 amide bonds. The summed E-state index contributed by atoms with van der Waals surface area (Å²) >= 11 is 0. The molecule has 0 heterocycles. The lowest BCUT2D eigenvalue weighted by molar-refractivity contribution is 0.654. The SMILES string of the molecule is CC(C)C1=C(C(C)C)CC=CC1.